The fourth-order valence-corrected chi connectivity index (χ4v) is 6.56. The van der Waals surface area contributed by atoms with E-state index in [1.165, 1.54) is 11.1 Å². The van der Waals surface area contributed by atoms with Gasteiger partial charge in [-0.15, -0.1) is 0 Å². The van der Waals surface area contributed by atoms with Gasteiger partial charge in [0.1, 0.15) is 0 Å². The molecule has 2 aliphatic rings. The van der Waals surface area contributed by atoms with Gasteiger partial charge in [-0.3, -0.25) is 9.69 Å². The zero-order chi connectivity index (χ0) is 23.3. The average molecular weight is 470 g/mol. The maximum Gasteiger partial charge on any atom is 0.223 e. The van der Waals surface area contributed by atoms with E-state index >= 15 is 0 Å². The fraction of sp³-hybridized carbons (Fsp3) is 0.500. The number of carbonyl (C=O) groups is 1. The highest BCUT2D eigenvalue weighted by molar-refractivity contribution is 7.88. The molecule has 2 aliphatic heterocycles. The molecule has 1 unspecified atom stereocenters. The van der Waals surface area contributed by atoms with Gasteiger partial charge < -0.3 is 5.32 Å². The van der Waals surface area contributed by atoms with E-state index in [1.807, 2.05) is 30.3 Å². The third-order valence-electron chi connectivity index (χ3n) is 7.07. The van der Waals surface area contributed by atoms with E-state index in [-0.39, 0.29) is 17.6 Å². The summed E-state index contributed by atoms with van der Waals surface area (Å²) in [5, 5.41) is 3.17. The van der Waals surface area contributed by atoms with Gasteiger partial charge in [-0.05, 0) is 42.4 Å². The van der Waals surface area contributed by atoms with Crippen molar-refractivity contribution in [2.24, 2.45) is 5.92 Å². The molecule has 2 heterocycles. The summed E-state index contributed by atoms with van der Waals surface area (Å²) < 4.78 is 27.1. The molecule has 0 saturated carbocycles. The summed E-state index contributed by atoms with van der Waals surface area (Å²) in [7, 11) is -3.36. The fourth-order valence-electron chi connectivity index (χ4n) is 5.00. The second kappa shape index (κ2) is 10.8. The normalized spacial score (nSPS) is 19.1. The van der Waals surface area contributed by atoms with Gasteiger partial charge in [0, 0.05) is 44.7 Å². The van der Waals surface area contributed by atoms with E-state index in [4.69, 9.17) is 0 Å². The molecule has 0 aromatic heterocycles. The topological polar surface area (TPSA) is 69.7 Å². The first kappa shape index (κ1) is 23.9. The second-order valence-electron chi connectivity index (χ2n) is 9.21. The number of nitrogens with one attached hydrogen (secondary N) is 1. The van der Waals surface area contributed by atoms with Gasteiger partial charge in [0.15, 0.2) is 0 Å². The minimum atomic E-state index is -3.36. The van der Waals surface area contributed by atoms with Crippen LogP contribution in [-0.4, -0.2) is 55.8 Å². The highest BCUT2D eigenvalue weighted by Gasteiger charge is 2.31. The maximum atomic E-state index is 12.8. The van der Waals surface area contributed by atoms with E-state index in [9.17, 15) is 13.2 Å². The Bertz CT molecular complexity index is 1030. The Hall–Kier alpha value is -2.22. The number of carbonyl (C=O) groups excluding carboxylic acids is 1. The SMILES string of the molecule is CCC(CNC(=O)C1CCN(S(=O)(=O)Cc2ccccc2)CC1)N1CCc2ccccc2C1. The number of sulfonamides is 1. The average Bonchev–Trinajstić information content (AvgIpc) is 2.84. The number of amides is 1. The molecule has 0 aliphatic carbocycles. The Kier molecular flexibility index (Phi) is 7.83. The lowest BCUT2D eigenvalue weighted by atomic mass is 9.96. The Morgan fingerprint density at radius 2 is 1.67 bits per heavy atom. The molecule has 1 saturated heterocycles. The predicted octanol–water partition coefficient (Wildman–Crippen LogP) is 3.18. The summed E-state index contributed by atoms with van der Waals surface area (Å²) in [6.07, 6.45) is 3.19. The zero-order valence-electron chi connectivity index (χ0n) is 19.4. The van der Waals surface area contributed by atoms with Gasteiger partial charge in [-0.1, -0.05) is 61.5 Å². The number of piperidine rings is 1. The first-order valence-corrected chi connectivity index (χ1v) is 13.7. The van der Waals surface area contributed by atoms with E-state index in [0.717, 1.165) is 31.5 Å². The lowest BCUT2D eigenvalue weighted by molar-refractivity contribution is -0.126. The third-order valence-corrected chi connectivity index (χ3v) is 8.92. The van der Waals surface area contributed by atoms with E-state index in [0.29, 0.717) is 38.5 Å². The van der Waals surface area contributed by atoms with Crippen LogP contribution in [0.1, 0.15) is 42.9 Å². The summed E-state index contributed by atoms with van der Waals surface area (Å²) in [5.41, 5.74) is 3.61. The van der Waals surface area contributed by atoms with Crippen molar-refractivity contribution in [2.75, 3.05) is 26.2 Å². The Balaban J connectivity index is 1.25. The van der Waals surface area contributed by atoms with E-state index in [2.05, 4.69) is 41.4 Å². The number of fused-ring (bicyclic) bond motifs is 1. The summed E-state index contributed by atoms with van der Waals surface area (Å²) in [5.74, 6) is -0.0410. The Morgan fingerprint density at radius 1 is 1.00 bits per heavy atom. The molecule has 4 rings (SSSR count). The Labute approximate surface area is 198 Å². The molecule has 178 valence electrons. The van der Waals surface area contributed by atoms with Crippen molar-refractivity contribution in [1.82, 2.24) is 14.5 Å². The molecule has 1 fully saturated rings. The molecule has 0 spiro atoms. The monoisotopic (exact) mass is 469 g/mol. The van der Waals surface area contributed by atoms with Crippen molar-refractivity contribution in [3.8, 4) is 0 Å². The van der Waals surface area contributed by atoms with Crippen molar-refractivity contribution in [3.05, 3.63) is 71.3 Å². The summed E-state index contributed by atoms with van der Waals surface area (Å²) in [4.78, 5) is 15.3. The number of nitrogens with zero attached hydrogens (tertiary/aromatic N) is 2. The van der Waals surface area contributed by atoms with Crippen LogP contribution in [0.5, 0.6) is 0 Å². The number of benzene rings is 2. The minimum absolute atomic E-state index is 0.0157. The molecule has 6 nitrogen and oxygen atoms in total. The van der Waals surface area contributed by atoms with Crippen LogP contribution in [0.15, 0.2) is 54.6 Å². The van der Waals surface area contributed by atoms with Crippen molar-refractivity contribution in [2.45, 2.75) is 50.9 Å². The molecule has 7 heteroatoms. The number of hydrogen-bond donors (Lipinski definition) is 1. The summed E-state index contributed by atoms with van der Waals surface area (Å²) in [6, 6.07) is 18.2. The summed E-state index contributed by atoms with van der Waals surface area (Å²) in [6.45, 7) is 5.59. The van der Waals surface area contributed by atoms with Crippen LogP contribution in [0.3, 0.4) is 0 Å². The quantitative estimate of drug-likeness (QED) is 0.645. The summed E-state index contributed by atoms with van der Waals surface area (Å²) >= 11 is 0. The van der Waals surface area contributed by atoms with E-state index in [1.54, 1.807) is 4.31 Å². The standard InChI is InChI=1S/C26H35N3O3S/c1-2-25(28-15-12-22-10-6-7-11-24(22)19-28)18-27-26(30)23-13-16-29(17-14-23)33(31,32)20-21-8-4-3-5-9-21/h3-11,23,25H,2,12-20H2,1H3,(H,27,30). The number of hydrogen-bond acceptors (Lipinski definition) is 4. The van der Waals surface area contributed by atoms with Crippen LogP contribution < -0.4 is 5.32 Å². The number of rotatable bonds is 8. The first-order chi connectivity index (χ1) is 16.0. The predicted molar refractivity (Wildman–Crippen MR) is 131 cm³/mol. The lowest BCUT2D eigenvalue weighted by Gasteiger charge is -2.36. The highest BCUT2D eigenvalue weighted by Crippen LogP contribution is 2.23. The molecule has 0 radical (unpaired) electrons. The van der Waals surface area contributed by atoms with Crippen molar-refractivity contribution in [1.29, 1.82) is 0 Å². The molecule has 0 bridgehead atoms. The van der Waals surface area contributed by atoms with E-state index < -0.39 is 10.0 Å². The van der Waals surface area contributed by atoms with Crippen molar-refractivity contribution in [3.63, 3.8) is 0 Å². The zero-order valence-corrected chi connectivity index (χ0v) is 20.3. The van der Waals surface area contributed by atoms with Crippen molar-refractivity contribution >= 4 is 15.9 Å². The molecule has 2 aromatic rings. The molecule has 2 aromatic carbocycles. The van der Waals surface area contributed by atoms with Crippen LogP contribution >= 0.6 is 0 Å². The lowest BCUT2D eigenvalue weighted by Crippen LogP contribution is -2.48. The largest absolute Gasteiger partial charge is 0.354 e. The van der Waals surface area contributed by atoms with Gasteiger partial charge in [-0.25, -0.2) is 12.7 Å². The minimum Gasteiger partial charge on any atom is -0.354 e. The molecule has 1 N–H and O–H groups in total. The third kappa shape index (κ3) is 6.02. The van der Waals surface area contributed by atoms with Crippen LogP contribution in [0.25, 0.3) is 0 Å². The first-order valence-electron chi connectivity index (χ1n) is 12.1. The van der Waals surface area contributed by atoms with Crippen LogP contribution in [-0.2, 0) is 33.5 Å². The second-order valence-corrected chi connectivity index (χ2v) is 11.2. The molecular formula is C26H35N3O3S. The molecule has 1 amide bonds. The van der Waals surface area contributed by atoms with Crippen molar-refractivity contribution < 1.29 is 13.2 Å². The molecule has 1 atom stereocenters. The Morgan fingerprint density at radius 3 is 2.36 bits per heavy atom. The van der Waals surface area contributed by atoms with Gasteiger partial charge in [-0.2, -0.15) is 0 Å². The van der Waals surface area contributed by atoms with Crippen LogP contribution in [0.2, 0.25) is 0 Å². The van der Waals surface area contributed by atoms with Crippen LogP contribution in [0, 0.1) is 5.92 Å². The molecular weight excluding hydrogens is 434 g/mol. The van der Waals surface area contributed by atoms with Gasteiger partial charge in [0.25, 0.3) is 0 Å². The smallest absolute Gasteiger partial charge is 0.223 e. The van der Waals surface area contributed by atoms with Gasteiger partial charge >= 0.3 is 0 Å². The molecule has 33 heavy (non-hydrogen) atoms. The van der Waals surface area contributed by atoms with Gasteiger partial charge in [0.2, 0.25) is 15.9 Å². The highest BCUT2D eigenvalue weighted by atomic mass is 32.2. The van der Waals surface area contributed by atoms with Crippen LogP contribution in [0.4, 0.5) is 0 Å². The maximum absolute atomic E-state index is 12.8. The van der Waals surface area contributed by atoms with Gasteiger partial charge in [0.05, 0.1) is 5.75 Å².